The molecule has 2 amide bonds. The van der Waals surface area contributed by atoms with Crippen molar-refractivity contribution in [3.8, 4) is 11.3 Å². The number of nitrogens with one attached hydrogen (secondary N) is 3. The Morgan fingerprint density at radius 3 is 2.57 bits per heavy atom. The van der Waals surface area contributed by atoms with Gasteiger partial charge in [-0.25, -0.2) is 4.98 Å². The molecule has 30 heavy (non-hydrogen) atoms. The van der Waals surface area contributed by atoms with Gasteiger partial charge in [-0.05, 0) is 17.7 Å². The first-order valence-electron chi connectivity index (χ1n) is 9.33. The second kappa shape index (κ2) is 8.54. The van der Waals surface area contributed by atoms with Crippen LogP contribution in [-0.2, 0) is 4.79 Å². The van der Waals surface area contributed by atoms with Gasteiger partial charge in [0.1, 0.15) is 11.7 Å². The molecule has 2 heterocycles. The number of anilines is 1. The van der Waals surface area contributed by atoms with E-state index in [0.717, 1.165) is 16.6 Å². The van der Waals surface area contributed by atoms with Crippen molar-refractivity contribution < 1.29 is 14.7 Å². The number of para-hydroxylation sites is 1. The molecular weight excluding hydrogens is 382 g/mol. The first-order chi connectivity index (χ1) is 14.6. The Morgan fingerprint density at radius 1 is 1.00 bits per heavy atom. The van der Waals surface area contributed by atoms with Crippen molar-refractivity contribution in [2.75, 3.05) is 11.9 Å². The van der Waals surface area contributed by atoms with Crippen LogP contribution in [0.15, 0.2) is 72.8 Å². The minimum Gasteiger partial charge on any atom is -0.394 e. The first kappa shape index (κ1) is 19.3. The van der Waals surface area contributed by atoms with Crippen LogP contribution < -0.4 is 10.6 Å². The molecule has 1 atom stereocenters. The summed E-state index contributed by atoms with van der Waals surface area (Å²) in [5.74, 6) is -0.852. The molecule has 0 radical (unpaired) electrons. The van der Waals surface area contributed by atoms with Gasteiger partial charge in [-0.1, -0.05) is 54.6 Å². The highest BCUT2D eigenvalue weighted by Crippen LogP contribution is 2.19. The molecule has 4 rings (SSSR count). The number of benzene rings is 2. The average Bonchev–Trinajstić information content (AvgIpc) is 3.26. The number of aromatic amines is 1. The predicted octanol–water partition coefficient (Wildman–Crippen LogP) is 2.35. The number of rotatable bonds is 6. The van der Waals surface area contributed by atoms with Gasteiger partial charge in [0.25, 0.3) is 11.8 Å². The molecule has 150 valence electrons. The van der Waals surface area contributed by atoms with Crippen LogP contribution in [0.5, 0.6) is 0 Å². The lowest BCUT2D eigenvalue weighted by Gasteiger charge is -2.15. The number of nitrogens with zero attached hydrogens (tertiary/aromatic N) is 2. The van der Waals surface area contributed by atoms with E-state index in [-0.39, 0.29) is 11.5 Å². The van der Waals surface area contributed by atoms with Gasteiger partial charge in [0.05, 0.1) is 17.8 Å². The van der Waals surface area contributed by atoms with Gasteiger partial charge in [0, 0.05) is 11.5 Å². The van der Waals surface area contributed by atoms with E-state index in [0.29, 0.717) is 5.52 Å². The number of carbonyl (C=O) groups is 2. The molecule has 0 aliphatic carbocycles. The van der Waals surface area contributed by atoms with E-state index < -0.39 is 24.5 Å². The number of H-pyrrole nitrogens is 1. The quantitative estimate of drug-likeness (QED) is 0.395. The number of carbonyl (C=O) groups excluding carboxylic acids is 2. The lowest BCUT2D eigenvalue weighted by atomic mass is 10.1. The molecule has 8 heteroatoms. The summed E-state index contributed by atoms with van der Waals surface area (Å²) >= 11 is 0. The van der Waals surface area contributed by atoms with Gasteiger partial charge in [0.15, 0.2) is 5.82 Å². The zero-order valence-electron chi connectivity index (χ0n) is 15.9. The molecule has 8 nitrogen and oxygen atoms in total. The number of amides is 2. The van der Waals surface area contributed by atoms with Gasteiger partial charge in [-0.3, -0.25) is 14.7 Å². The standard InChI is InChI=1S/C22H19N5O3/c28-13-19(24-21(29)17-11-10-15-8-4-5-9-16(15)23-17)22(30)25-20-12-18(26-27-20)14-6-2-1-3-7-14/h1-12,19,28H,13H2,(H,24,29)(H2,25,26,27,30)/t19-/m0/s1. The zero-order valence-corrected chi connectivity index (χ0v) is 15.9. The second-order valence-corrected chi connectivity index (χ2v) is 6.62. The minimum atomic E-state index is -1.15. The molecule has 0 saturated heterocycles. The molecule has 0 aliphatic heterocycles. The number of fused-ring (bicyclic) bond motifs is 1. The first-order valence-corrected chi connectivity index (χ1v) is 9.33. The maximum absolute atomic E-state index is 12.5. The van der Waals surface area contributed by atoms with E-state index in [1.807, 2.05) is 48.5 Å². The van der Waals surface area contributed by atoms with Gasteiger partial charge >= 0.3 is 0 Å². The maximum Gasteiger partial charge on any atom is 0.270 e. The Labute approximate surface area is 172 Å². The van der Waals surface area contributed by atoms with E-state index in [4.69, 9.17) is 0 Å². The zero-order chi connectivity index (χ0) is 20.9. The summed E-state index contributed by atoms with van der Waals surface area (Å²) in [5.41, 5.74) is 2.47. The summed E-state index contributed by atoms with van der Waals surface area (Å²) in [4.78, 5) is 29.3. The molecule has 4 aromatic rings. The van der Waals surface area contributed by atoms with Crippen molar-refractivity contribution in [2.24, 2.45) is 0 Å². The molecule has 0 bridgehead atoms. The predicted molar refractivity (Wildman–Crippen MR) is 113 cm³/mol. The van der Waals surface area contributed by atoms with Gasteiger partial charge in [-0.15, -0.1) is 0 Å². The molecule has 0 saturated carbocycles. The Balaban J connectivity index is 1.43. The number of aromatic nitrogens is 3. The Kier molecular flexibility index (Phi) is 5.49. The van der Waals surface area contributed by atoms with Crippen molar-refractivity contribution in [3.63, 3.8) is 0 Å². The Hall–Kier alpha value is -4.04. The molecule has 4 N–H and O–H groups in total. The fourth-order valence-corrected chi connectivity index (χ4v) is 2.98. The Bertz CT molecular complexity index is 1190. The molecule has 2 aromatic carbocycles. The number of hydrogen-bond donors (Lipinski definition) is 4. The van der Waals surface area contributed by atoms with Crippen LogP contribution >= 0.6 is 0 Å². The summed E-state index contributed by atoms with van der Waals surface area (Å²) in [6.45, 7) is -0.568. The highest BCUT2D eigenvalue weighted by atomic mass is 16.3. The monoisotopic (exact) mass is 401 g/mol. The van der Waals surface area contributed by atoms with Crippen molar-refractivity contribution in [1.29, 1.82) is 0 Å². The molecule has 0 spiro atoms. The van der Waals surface area contributed by atoms with Crippen LogP contribution in [0, 0.1) is 0 Å². The molecule has 2 aromatic heterocycles. The number of hydrogen-bond acceptors (Lipinski definition) is 5. The second-order valence-electron chi connectivity index (χ2n) is 6.62. The maximum atomic E-state index is 12.5. The van der Waals surface area contributed by atoms with Gasteiger partial charge in [-0.2, -0.15) is 5.10 Å². The van der Waals surface area contributed by atoms with Crippen molar-refractivity contribution in [1.82, 2.24) is 20.5 Å². The summed E-state index contributed by atoms with van der Waals surface area (Å²) in [7, 11) is 0. The highest BCUT2D eigenvalue weighted by Gasteiger charge is 2.22. The summed E-state index contributed by atoms with van der Waals surface area (Å²) in [6, 6.07) is 20.8. The van der Waals surface area contributed by atoms with E-state index >= 15 is 0 Å². The number of pyridine rings is 1. The topological polar surface area (TPSA) is 120 Å². The molecule has 0 fully saturated rings. The Morgan fingerprint density at radius 2 is 1.77 bits per heavy atom. The van der Waals surface area contributed by atoms with Crippen LogP contribution in [0.2, 0.25) is 0 Å². The SMILES string of the molecule is O=C(N[C@@H](CO)C(=O)Nc1cc(-c2ccccc2)[nH]n1)c1ccc2ccccc2n1. The van der Waals surface area contributed by atoms with E-state index in [2.05, 4.69) is 25.8 Å². The third-order valence-corrected chi connectivity index (χ3v) is 4.55. The fourth-order valence-electron chi connectivity index (χ4n) is 2.98. The van der Waals surface area contributed by atoms with Crippen LogP contribution in [0.4, 0.5) is 5.82 Å². The van der Waals surface area contributed by atoms with Crippen LogP contribution in [0.25, 0.3) is 22.2 Å². The van der Waals surface area contributed by atoms with Crippen molar-refractivity contribution >= 4 is 28.5 Å². The third kappa shape index (κ3) is 4.18. The third-order valence-electron chi connectivity index (χ3n) is 4.55. The smallest absolute Gasteiger partial charge is 0.270 e. The van der Waals surface area contributed by atoms with Crippen molar-refractivity contribution in [3.05, 3.63) is 78.5 Å². The van der Waals surface area contributed by atoms with E-state index in [1.54, 1.807) is 24.3 Å². The largest absolute Gasteiger partial charge is 0.394 e. The fraction of sp³-hybridized carbons (Fsp3) is 0.0909. The van der Waals surface area contributed by atoms with Crippen LogP contribution in [0.1, 0.15) is 10.5 Å². The van der Waals surface area contributed by atoms with Crippen LogP contribution in [-0.4, -0.2) is 44.8 Å². The lowest BCUT2D eigenvalue weighted by Crippen LogP contribution is -2.46. The molecule has 0 unspecified atom stereocenters. The van der Waals surface area contributed by atoms with Gasteiger partial charge in [0.2, 0.25) is 0 Å². The average molecular weight is 401 g/mol. The van der Waals surface area contributed by atoms with Crippen LogP contribution in [0.3, 0.4) is 0 Å². The lowest BCUT2D eigenvalue weighted by molar-refractivity contribution is -0.118. The summed E-state index contributed by atoms with van der Waals surface area (Å²) in [6.07, 6.45) is 0. The number of aliphatic hydroxyl groups excluding tert-OH is 1. The summed E-state index contributed by atoms with van der Waals surface area (Å²) in [5, 5.41) is 22.5. The van der Waals surface area contributed by atoms with E-state index in [1.165, 1.54) is 0 Å². The van der Waals surface area contributed by atoms with Crippen molar-refractivity contribution in [2.45, 2.75) is 6.04 Å². The highest BCUT2D eigenvalue weighted by molar-refractivity contribution is 6.01. The molecular formula is C22H19N5O3. The number of aliphatic hydroxyl groups is 1. The minimum absolute atomic E-state index is 0.158. The summed E-state index contributed by atoms with van der Waals surface area (Å²) < 4.78 is 0. The normalized spacial score (nSPS) is 11.8. The molecule has 0 aliphatic rings. The van der Waals surface area contributed by atoms with Gasteiger partial charge < -0.3 is 15.7 Å². The van der Waals surface area contributed by atoms with E-state index in [9.17, 15) is 14.7 Å².